The Morgan fingerprint density at radius 2 is 2.18 bits per heavy atom. The lowest BCUT2D eigenvalue weighted by molar-refractivity contribution is -0.143. The Hall–Kier alpha value is -2.40. The monoisotopic (exact) mass is 513 g/mol. The Kier molecular flexibility index (Phi) is 6.68. The molecule has 3 rings (SSSR count). The molecule has 9 heteroatoms. The van der Waals surface area contributed by atoms with Crippen LogP contribution in [0.5, 0.6) is 11.5 Å². The van der Waals surface area contributed by atoms with Crippen molar-refractivity contribution in [1.82, 2.24) is 0 Å². The predicted octanol–water partition coefficient (Wildman–Crippen LogP) is 3.65. The molecule has 146 valence electrons. The van der Waals surface area contributed by atoms with Gasteiger partial charge in [-0.05, 0) is 64.7 Å². The largest absolute Gasteiger partial charge is 0.490 e. The van der Waals surface area contributed by atoms with Gasteiger partial charge in [-0.15, -0.1) is 11.3 Å². The molecule has 0 fully saturated rings. The Bertz CT molecular complexity index is 952. The molecule has 0 aliphatic carbocycles. The minimum atomic E-state index is -0.512. The third-order valence-electron chi connectivity index (χ3n) is 3.55. The number of benzene rings is 1. The van der Waals surface area contributed by atoms with Gasteiger partial charge in [-0.2, -0.15) is 0 Å². The molecule has 0 saturated carbocycles. The molecular weight excluding hydrogens is 497 g/mol. The van der Waals surface area contributed by atoms with E-state index in [0.717, 1.165) is 4.88 Å². The highest BCUT2D eigenvalue weighted by molar-refractivity contribution is 14.1. The van der Waals surface area contributed by atoms with Crippen LogP contribution in [-0.4, -0.2) is 38.2 Å². The van der Waals surface area contributed by atoms with Crippen LogP contribution in [0.4, 0.5) is 0 Å². The van der Waals surface area contributed by atoms with Gasteiger partial charge in [0.25, 0.3) is 0 Å². The van der Waals surface area contributed by atoms with Crippen LogP contribution in [0, 0.1) is 3.57 Å². The molecule has 2 aromatic rings. The molecule has 0 N–H and O–H groups in total. The third-order valence-corrected chi connectivity index (χ3v) is 5.21. The molecule has 0 amide bonds. The van der Waals surface area contributed by atoms with Crippen LogP contribution >= 0.6 is 33.9 Å². The summed E-state index contributed by atoms with van der Waals surface area (Å²) in [6.45, 7) is 2.02. The highest BCUT2D eigenvalue weighted by Crippen LogP contribution is 2.35. The number of methoxy groups -OCH3 is 1. The van der Waals surface area contributed by atoms with Crippen molar-refractivity contribution in [2.45, 2.75) is 6.92 Å². The SMILES string of the molecule is CCOc1cc(/C=C2\N=C(c3cccs3)OC2=O)cc(I)c1OCC(=O)OC. The number of halogens is 1. The van der Waals surface area contributed by atoms with E-state index in [4.69, 9.17) is 14.2 Å². The first-order chi connectivity index (χ1) is 13.5. The lowest BCUT2D eigenvalue weighted by atomic mass is 10.1. The van der Waals surface area contributed by atoms with E-state index in [1.165, 1.54) is 18.4 Å². The second kappa shape index (κ2) is 9.20. The van der Waals surface area contributed by atoms with Crippen molar-refractivity contribution in [2.75, 3.05) is 20.3 Å². The van der Waals surface area contributed by atoms with E-state index in [0.29, 0.717) is 33.1 Å². The van der Waals surface area contributed by atoms with E-state index >= 15 is 0 Å². The number of nitrogens with zero attached hydrogens (tertiary/aromatic N) is 1. The number of hydrogen-bond donors (Lipinski definition) is 0. The Balaban J connectivity index is 1.91. The average Bonchev–Trinajstić information content (AvgIpc) is 3.31. The maximum Gasteiger partial charge on any atom is 0.363 e. The summed E-state index contributed by atoms with van der Waals surface area (Å²) in [5.41, 5.74) is 0.895. The molecule has 1 aliphatic heterocycles. The van der Waals surface area contributed by atoms with Gasteiger partial charge in [0.15, 0.2) is 23.8 Å². The van der Waals surface area contributed by atoms with Gasteiger partial charge in [0, 0.05) is 0 Å². The average molecular weight is 513 g/mol. The zero-order valence-corrected chi connectivity index (χ0v) is 18.0. The van der Waals surface area contributed by atoms with Crippen LogP contribution in [0.2, 0.25) is 0 Å². The number of carbonyl (C=O) groups excluding carboxylic acids is 2. The normalized spacial score (nSPS) is 14.6. The second-order valence-electron chi connectivity index (χ2n) is 5.44. The lowest BCUT2D eigenvalue weighted by Gasteiger charge is -2.14. The first kappa shape index (κ1) is 20.3. The molecule has 1 aromatic carbocycles. The van der Waals surface area contributed by atoms with Gasteiger partial charge in [0.05, 0.1) is 22.2 Å². The Morgan fingerprint density at radius 1 is 1.36 bits per heavy atom. The molecule has 7 nitrogen and oxygen atoms in total. The van der Waals surface area contributed by atoms with Gasteiger partial charge < -0.3 is 18.9 Å². The number of hydrogen-bond acceptors (Lipinski definition) is 8. The molecule has 0 atom stereocenters. The molecular formula is C19H16INO6S. The van der Waals surface area contributed by atoms with Gasteiger partial charge in [0.2, 0.25) is 5.90 Å². The number of aliphatic imine (C=N–C) groups is 1. The molecule has 1 aliphatic rings. The quantitative estimate of drug-likeness (QED) is 0.320. The Morgan fingerprint density at radius 3 is 2.86 bits per heavy atom. The van der Waals surface area contributed by atoms with Crippen LogP contribution in [-0.2, 0) is 19.1 Å². The zero-order chi connectivity index (χ0) is 20.1. The van der Waals surface area contributed by atoms with Crippen LogP contribution in [0.15, 0.2) is 40.3 Å². The van der Waals surface area contributed by atoms with Gasteiger partial charge in [-0.1, -0.05) is 6.07 Å². The summed E-state index contributed by atoms with van der Waals surface area (Å²) in [5, 5.41) is 1.89. The summed E-state index contributed by atoms with van der Waals surface area (Å²) < 4.78 is 21.7. The number of carbonyl (C=O) groups is 2. The van der Waals surface area contributed by atoms with Gasteiger partial charge in [0.1, 0.15) is 0 Å². The van der Waals surface area contributed by atoms with E-state index in [1.54, 1.807) is 18.2 Å². The van der Waals surface area contributed by atoms with Crippen molar-refractivity contribution in [3.8, 4) is 11.5 Å². The maximum atomic E-state index is 12.1. The van der Waals surface area contributed by atoms with Crippen LogP contribution < -0.4 is 9.47 Å². The standard InChI is InChI=1S/C19H16INO6S/c1-3-25-14-9-11(7-12(20)17(14)26-10-16(22)24-2)8-13-19(23)27-18(21-13)15-5-4-6-28-15/h4-9H,3,10H2,1-2H3/b13-8-. The van der Waals surface area contributed by atoms with Crippen molar-refractivity contribution >= 4 is 57.8 Å². The van der Waals surface area contributed by atoms with Crippen LogP contribution in [0.25, 0.3) is 6.08 Å². The number of esters is 2. The Labute approximate surface area is 179 Å². The summed E-state index contributed by atoms with van der Waals surface area (Å²) >= 11 is 3.52. The molecule has 0 bridgehead atoms. The molecule has 0 saturated heterocycles. The topological polar surface area (TPSA) is 83.4 Å². The van der Waals surface area contributed by atoms with Crippen LogP contribution in [0.3, 0.4) is 0 Å². The molecule has 1 aromatic heterocycles. The summed E-state index contributed by atoms with van der Waals surface area (Å²) in [4.78, 5) is 28.6. The summed E-state index contributed by atoms with van der Waals surface area (Å²) in [5.74, 6) is 0.186. The minimum absolute atomic E-state index is 0.199. The minimum Gasteiger partial charge on any atom is -0.490 e. The van der Waals surface area contributed by atoms with E-state index in [9.17, 15) is 9.59 Å². The smallest absolute Gasteiger partial charge is 0.363 e. The number of ether oxygens (including phenoxy) is 4. The molecule has 2 heterocycles. The van der Waals surface area contributed by atoms with Crippen molar-refractivity contribution in [1.29, 1.82) is 0 Å². The van der Waals surface area contributed by atoms with Crippen LogP contribution in [0.1, 0.15) is 17.4 Å². The van der Waals surface area contributed by atoms with Crippen molar-refractivity contribution in [3.05, 3.63) is 49.4 Å². The predicted molar refractivity (Wildman–Crippen MR) is 113 cm³/mol. The van der Waals surface area contributed by atoms with E-state index in [-0.39, 0.29) is 12.3 Å². The van der Waals surface area contributed by atoms with Crippen molar-refractivity contribution in [3.63, 3.8) is 0 Å². The number of rotatable bonds is 7. The van der Waals surface area contributed by atoms with Gasteiger partial charge >= 0.3 is 11.9 Å². The fraction of sp³-hybridized carbons (Fsp3) is 0.211. The van der Waals surface area contributed by atoms with E-state index in [2.05, 4.69) is 32.3 Å². The fourth-order valence-electron chi connectivity index (χ4n) is 2.34. The van der Waals surface area contributed by atoms with Gasteiger partial charge in [-0.3, -0.25) is 0 Å². The fourth-order valence-corrected chi connectivity index (χ4v) is 3.77. The number of cyclic esters (lactones) is 1. The van der Waals surface area contributed by atoms with Crippen molar-refractivity contribution in [2.24, 2.45) is 4.99 Å². The zero-order valence-electron chi connectivity index (χ0n) is 15.1. The molecule has 0 spiro atoms. The lowest BCUT2D eigenvalue weighted by Crippen LogP contribution is -2.14. The first-order valence-electron chi connectivity index (χ1n) is 8.24. The van der Waals surface area contributed by atoms with E-state index in [1.807, 2.05) is 24.4 Å². The van der Waals surface area contributed by atoms with Crippen molar-refractivity contribution < 1.29 is 28.5 Å². The highest BCUT2D eigenvalue weighted by atomic mass is 127. The third kappa shape index (κ3) is 4.71. The first-order valence-corrected chi connectivity index (χ1v) is 10.2. The van der Waals surface area contributed by atoms with E-state index < -0.39 is 11.9 Å². The molecule has 0 unspecified atom stereocenters. The molecule has 28 heavy (non-hydrogen) atoms. The molecule has 0 radical (unpaired) electrons. The van der Waals surface area contributed by atoms with Gasteiger partial charge in [-0.25, -0.2) is 14.6 Å². The number of thiophene rings is 1. The summed E-state index contributed by atoms with van der Waals surface area (Å²) in [6, 6.07) is 7.22. The summed E-state index contributed by atoms with van der Waals surface area (Å²) in [7, 11) is 1.29. The highest BCUT2D eigenvalue weighted by Gasteiger charge is 2.25. The second-order valence-corrected chi connectivity index (χ2v) is 7.55. The maximum absolute atomic E-state index is 12.1. The summed E-state index contributed by atoms with van der Waals surface area (Å²) in [6.07, 6.45) is 1.62.